The van der Waals surface area contributed by atoms with E-state index >= 15 is 0 Å². The van der Waals surface area contributed by atoms with Gasteiger partial charge in [0.1, 0.15) is 11.5 Å². The van der Waals surface area contributed by atoms with Crippen molar-refractivity contribution in [2.75, 3.05) is 25.6 Å². The number of anilines is 1. The fourth-order valence-corrected chi connectivity index (χ4v) is 2.17. The summed E-state index contributed by atoms with van der Waals surface area (Å²) in [4.78, 5) is 23.1. The van der Waals surface area contributed by atoms with E-state index < -0.39 is 6.16 Å². The molecular formula is C19H22N2O5. The van der Waals surface area contributed by atoms with E-state index in [1.165, 1.54) is 0 Å². The molecule has 0 aromatic heterocycles. The molecule has 7 nitrogen and oxygen atoms in total. The molecule has 0 saturated carbocycles. The number of carbonyl (C=O) groups is 2. The van der Waals surface area contributed by atoms with Gasteiger partial charge in [-0.3, -0.25) is 0 Å². The van der Waals surface area contributed by atoms with Crippen LogP contribution in [0.2, 0.25) is 0 Å². The molecule has 2 aromatic rings. The molecule has 0 fully saturated rings. The van der Waals surface area contributed by atoms with Crippen molar-refractivity contribution in [2.24, 2.45) is 0 Å². The van der Waals surface area contributed by atoms with E-state index in [9.17, 15) is 9.59 Å². The van der Waals surface area contributed by atoms with Crippen LogP contribution in [0.4, 0.5) is 15.3 Å². The standard InChI is InChI=1S/C19H22N2O5/c1-3-25-19(23)26-16-9-7-15(8-10-16)21-18(22)20-12-11-14-5-4-6-17(13-14)24-2/h4-10,13H,3,11-12H2,1-2H3,(H2,20,21,22). The smallest absolute Gasteiger partial charge is 0.497 e. The van der Waals surface area contributed by atoms with Crippen LogP contribution >= 0.6 is 0 Å². The molecule has 0 heterocycles. The minimum atomic E-state index is -0.761. The van der Waals surface area contributed by atoms with Crippen LogP contribution in [0.1, 0.15) is 12.5 Å². The van der Waals surface area contributed by atoms with E-state index in [-0.39, 0.29) is 12.6 Å². The number of hydrogen-bond acceptors (Lipinski definition) is 5. The highest BCUT2D eigenvalue weighted by atomic mass is 16.7. The predicted octanol–water partition coefficient (Wildman–Crippen LogP) is 3.59. The predicted molar refractivity (Wildman–Crippen MR) is 97.8 cm³/mol. The number of urea groups is 1. The van der Waals surface area contributed by atoms with Gasteiger partial charge >= 0.3 is 12.2 Å². The van der Waals surface area contributed by atoms with Crippen LogP contribution in [-0.4, -0.2) is 32.4 Å². The normalized spacial score (nSPS) is 9.92. The van der Waals surface area contributed by atoms with Crippen molar-refractivity contribution in [3.05, 3.63) is 54.1 Å². The Kier molecular flexibility index (Phi) is 7.30. The highest BCUT2D eigenvalue weighted by molar-refractivity contribution is 5.89. The van der Waals surface area contributed by atoms with Crippen LogP contribution < -0.4 is 20.1 Å². The van der Waals surface area contributed by atoms with Crippen molar-refractivity contribution < 1.29 is 23.8 Å². The minimum Gasteiger partial charge on any atom is -0.497 e. The number of nitrogens with one attached hydrogen (secondary N) is 2. The molecule has 0 aliphatic carbocycles. The van der Waals surface area contributed by atoms with Crippen molar-refractivity contribution in [1.82, 2.24) is 5.32 Å². The Morgan fingerprint density at radius 2 is 1.81 bits per heavy atom. The molecule has 0 spiro atoms. The first-order valence-electron chi connectivity index (χ1n) is 8.23. The lowest BCUT2D eigenvalue weighted by molar-refractivity contribution is 0.104. The summed E-state index contributed by atoms with van der Waals surface area (Å²) in [5, 5.41) is 5.49. The Bertz CT molecular complexity index is 731. The summed E-state index contributed by atoms with van der Waals surface area (Å²) in [6.07, 6.45) is -0.0692. The van der Waals surface area contributed by atoms with E-state index in [2.05, 4.69) is 15.4 Å². The Balaban J connectivity index is 1.75. The Labute approximate surface area is 152 Å². The van der Waals surface area contributed by atoms with Crippen LogP contribution in [0, 0.1) is 0 Å². The molecule has 2 amide bonds. The second-order valence-corrected chi connectivity index (χ2v) is 5.29. The number of amides is 2. The fourth-order valence-electron chi connectivity index (χ4n) is 2.17. The zero-order chi connectivity index (χ0) is 18.8. The first-order chi connectivity index (χ1) is 12.6. The van der Waals surface area contributed by atoms with Gasteiger partial charge in [0, 0.05) is 12.2 Å². The van der Waals surface area contributed by atoms with E-state index in [1.54, 1.807) is 38.3 Å². The summed E-state index contributed by atoms with van der Waals surface area (Å²) in [5.74, 6) is 1.13. The third kappa shape index (κ3) is 6.35. The zero-order valence-corrected chi connectivity index (χ0v) is 14.8. The summed E-state index contributed by atoms with van der Waals surface area (Å²) in [6.45, 7) is 2.43. The Morgan fingerprint density at radius 1 is 1.04 bits per heavy atom. The summed E-state index contributed by atoms with van der Waals surface area (Å²) in [6, 6.07) is 13.8. The van der Waals surface area contributed by atoms with E-state index in [1.807, 2.05) is 24.3 Å². The van der Waals surface area contributed by atoms with Gasteiger partial charge in [-0.25, -0.2) is 9.59 Å². The molecule has 0 radical (unpaired) electrons. The monoisotopic (exact) mass is 358 g/mol. The largest absolute Gasteiger partial charge is 0.513 e. The summed E-state index contributed by atoms with van der Waals surface area (Å²) in [7, 11) is 1.62. The van der Waals surface area contributed by atoms with E-state index in [0.29, 0.717) is 24.4 Å². The van der Waals surface area contributed by atoms with Crippen LogP contribution in [0.15, 0.2) is 48.5 Å². The topological polar surface area (TPSA) is 85.9 Å². The van der Waals surface area contributed by atoms with E-state index in [4.69, 9.17) is 9.47 Å². The second-order valence-electron chi connectivity index (χ2n) is 5.29. The van der Waals surface area contributed by atoms with Gasteiger partial charge < -0.3 is 24.8 Å². The molecule has 2 N–H and O–H groups in total. The van der Waals surface area contributed by atoms with Crippen molar-refractivity contribution in [1.29, 1.82) is 0 Å². The van der Waals surface area contributed by atoms with Gasteiger partial charge in [0.15, 0.2) is 0 Å². The average molecular weight is 358 g/mol. The Morgan fingerprint density at radius 3 is 2.50 bits per heavy atom. The highest BCUT2D eigenvalue weighted by Gasteiger charge is 2.06. The zero-order valence-electron chi connectivity index (χ0n) is 14.8. The average Bonchev–Trinajstić information content (AvgIpc) is 2.64. The number of benzene rings is 2. The molecule has 7 heteroatoms. The molecule has 2 aromatic carbocycles. The van der Waals surface area contributed by atoms with Crippen LogP contribution in [-0.2, 0) is 11.2 Å². The van der Waals surface area contributed by atoms with Gasteiger partial charge in [0.25, 0.3) is 0 Å². The number of hydrogen-bond donors (Lipinski definition) is 2. The fraction of sp³-hybridized carbons (Fsp3) is 0.263. The lowest BCUT2D eigenvalue weighted by atomic mass is 10.1. The van der Waals surface area contributed by atoms with Crippen LogP contribution in [0.25, 0.3) is 0 Å². The third-order valence-electron chi connectivity index (χ3n) is 3.41. The lowest BCUT2D eigenvalue weighted by Crippen LogP contribution is -2.30. The van der Waals surface area contributed by atoms with Crippen LogP contribution in [0.3, 0.4) is 0 Å². The van der Waals surface area contributed by atoms with Gasteiger partial charge in [0.05, 0.1) is 13.7 Å². The summed E-state index contributed by atoms with van der Waals surface area (Å²) in [5.41, 5.74) is 1.66. The van der Waals surface area contributed by atoms with Crippen molar-refractivity contribution in [2.45, 2.75) is 13.3 Å². The number of rotatable bonds is 7. The lowest BCUT2D eigenvalue weighted by Gasteiger charge is -2.09. The van der Waals surface area contributed by atoms with Gasteiger partial charge in [0.2, 0.25) is 0 Å². The van der Waals surface area contributed by atoms with Crippen molar-refractivity contribution in [3.63, 3.8) is 0 Å². The second kappa shape index (κ2) is 9.93. The van der Waals surface area contributed by atoms with E-state index in [0.717, 1.165) is 11.3 Å². The molecule has 0 aliphatic rings. The molecule has 26 heavy (non-hydrogen) atoms. The summed E-state index contributed by atoms with van der Waals surface area (Å²) < 4.78 is 14.8. The number of methoxy groups -OCH3 is 1. The number of carbonyl (C=O) groups excluding carboxylic acids is 2. The first-order valence-corrected chi connectivity index (χ1v) is 8.23. The maximum absolute atomic E-state index is 11.9. The maximum Gasteiger partial charge on any atom is 0.513 e. The first kappa shape index (κ1) is 19.1. The number of ether oxygens (including phenoxy) is 3. The molecular weight excluding hydrogens is 336 g/mol. The minimum absolute atomic E-state index is 0.244. The molecule has 0 atom stereocenters. The third-order valence-corrected chi connectivity index (χ3v) is 3.41. The Hall–Kier alpha value is -3.22. The van der Waals surface area contributed by atoms with Gasteiger partial charge in [-0.05, 0) is 55.3 Å². The van der Waals surface area contributed by atoms with Gasteiger partial charge in [-0.15, -0.1) is 0 Å². The SMILES string of the molecule is CCOC(=O)Oc1ccc(NC(=O)NCCc2cccc(OC)c2)cc1. The van der Waals surface area contributed by atoms with Gasteiger partial charge in [-0.2, -0.15) is 0 Å². The van der Waals surface area contributed by atoms with Crippen molar-refractivity contribution in [3.8, 4) is 11.5 Å². The highest BCUT2D eigenvalue weighted by Crippen LogP contribution is 2.16. The quantitative estimate of drug-likeness (QED) is 0.583. The maximum atomic E-state index is 11.9. The molecule has 2 rings (SSSR count). The molecule has 0 bridgehead atoms. The molecule has 0 aliphatic heterocycles. The van der Waals surface area contributed by atoms with Crippen LogP contribution in [0.5, 0.6) is 11.5 Å². The molecule has 0 saturated heterocycles. The molecule has 138 valence electrons. The van der Waals surface area contributed by atoms with Crippen molar-refractivity contribution >= 4 is 17.9 Å². The van der Waals surface area contributed by atoms with Gasteiger partial charge in [-0.1, -0.05) is 12.1 Å². The summed E-state index contributed by atoms with van der Waals surface area (Å²) >= 11 is 0. The molecule has 0 unspecified atom stereocenters.